The summed E-state index contributed by atoms with van der Waals surface area (Å²) in [5.74, 6) is 0. The van der Waals surface area contributed by atoms with Gasteiger partial charge in [0.15, 0.2) is 0 Å². The molecule has 0 amide bonds. The van der Waals surface area contributed by atoms with Crippen LogP contribution in [-0.2, 0) is 0 Å². The van der Waals surface area contributed by atoms with Gasteiger partial charge in [0.1, 0.15) is 0 Å². The number of aryl methyl sites for hydroxylation is 1. The predicted octanol–water partition coefficient (Wildman–Crippen LogP) is 4.30. The Morgan fingerprint density at radius 1 is 1.29 bits per heavy atom. The molecule has 0 heterocycles. The normalized spacial score (nSPS) is 8.86. The number of hydrogen-bond acceptors (Lipinski definition) is 1. The second kappa shape index (κ2) is 23.0. The average molecular weight is 218 g/mol. The highest BCUT2D eigenvalue weighted by atomic mass is 31.0. The van der Waals surface area contributed by atoms with Crippen LogP contribution >= 0.6 is 9.24 Å². The van der Waals surface area contributed by atoms with E-state index in [1.54, 1.807) is 0 Å². The Bertz CT molecular complexity index is 184. The standard InChI is InChI=1S/C7H8.CH4BP.3CH4.H3N.H2/c1-7-5-3-2-4-6-7;2-1-3;;;;;/h2-6H,1H3;1,3H2;3*1H4;1H3;1H/i;1D;;;;;. The zero-order valence-electron chi connectivity index (χ0n) is 7.83. The van der Waals surface area contributed by atoms with Crippen molar-refractivity contribution in [2.75, 3.05) is 6.04 Å². The third-order valence-electron chi connectivity index (χ3n) is 0.940. The maximum absolute atomic E-state index is 6.32. The first kappa shape index (κ1) is 23.5. The molecular weight excluding hydrogens is 188 g/mol. The van der Waals surface area contributed by atoms with Gasteiger partial charge in [-0.1, -0.05) is 64.2 Å². The zero-order chi connectivity index (χ0) is 8.69. The Balaban J connectivity index is -0.0000000257. The van der Waals surface area contributed by atoms with Gasteiger partial charge in [0.05, 0.1) is 7.85 Å². The van der Waals surface area contributed by atoms with Crippen molar-refractivity contribution in [2.45, 2.75) is 29.2 Å². The highest BCUT2D eigenvalue weighted by Gasteiger charge is 1.72. The molecule has 0 saturated heterocycles. The lowest BCUT2D eigenvalue weighted by atomic mass is 10.2. The molecular formula is C11H29BNP. The molecule has 0 aliphatic rings. The van der Waals surface area contributed by atoms with Crippen LogP contribution in [-0.4, -0.2) is 13.9 Å². The van der Waals surface area contributed by atoms with Crippen LogP contribution in [0.1, 0.15) is 30.6 Å². The van der Waals surface area contributed by atoms with Gasteiger partial charge < -0.3 is 6.15 Å². The van der Waals surface area contributed by atoms with Gasteiger partial charge in [-0.3, -0.25) is 0 Å². The number of rotatable bonds is 0. The van der Waals surface area contributed by atoms with Gasteiger partial charge >= 0.3 is 0 Å². The third kappa shape index (κ3) is 22.6. The minimum Gasteiger partial charge on any atom is -0.344 e. The highest BCUT2D eigenvalue weighted by molar-refractivity contribution is 7.19. The first-order valence-electron chi connectivity index (χ1n) is 3.65. The predicted molar refractivity (Wildman–Crippen MR) is 78.8 cm³/mol. The monoisotopic (exact) mass is 218 g/mol. The third-order valence-corrected chi connectivity index (χ3v) is 0.940. The maximum Gasteiger partial charge on any atom is 0.0709 e. The van der Waals surface area contributed by atoms with Crippen LogP contribution in [0.4, 0.5) is 0 Å². The van der Waals surface area contributed by atoms with Crippen LogP contribution in [0, 0.1) is 6.92 Å². The molecule has 2 radical (unpaired) electrons. The fourth-order valence-corrected chi connectivity index (χ4v) is 0.534. The van der Waals surface area contributed by atoms with Crippen molar-refractivity contribution < 1.29 is 2.80 Å². The molecule has 1 aromatic carbocycles. The Morgan fingerprint density at radius 3 is 1.71 bits per heavy atom. The zero-order valence-corrected chi connectivity index (χ0v) is 7.98. The van der Waals surface area contributed by atoms with Gasteiger partial charge in [-0.15, -0.1) is 9.24 Å². The van der Waals surface area contributed by atoms with E-state index >= 15 is 0 Å². The van der Waals surface area contributed by atoms with Crippen molar-refractivity contribution in [3.63, 3.8) is 0 Å². The summed E-state index contributed by atoms with van der Waals surface area (Å²) < 4.78 is 6.32. The fourth-order valence-electron chi connectivity index (χ4n) is 0.534. The van der Waals surface area contributed by atoms with Crippen LogP contribution in [0.15, 0.2) is 30.3 Å². The van der Waals surface area contributed by atoms with Crippen molar-refractivity contribution in [3.05, 3.63) is 35.9 Å². The van der Waals surface area contributed by atoms with E-state index in [1.165, 1.54) is 5.56 Å². The van der Waals surface area contributed by atoms with E-state index in [2.05, 4.69) is 28.3 Å². The molecule has 3 heteroatoms. The molecule has 0 aliphatic heterocycles. The summed E-state index contributed by atoms with van der Waals surface area (Å²) in [6, 6.07) is 9.76. The first-order chi connectivity index (χ1) is 5.13. The van der Waals surface area contributed by atoms with Crippen molar-refractivity contribution in [3.8, 4) is 0 Å². The second-order valence-electron chi connectivity index (χ2n) is 1.85. The highest BCUT2D eigenvalue weighted by Crippen LogP contribution is 1.92. The molecule has 0 spiro atoms. The lowest BCUT2D eigenvalue weighted by Crippen LogP contribution is -1.62. The number of benzene rings is 1. The second-order valence-corrected chi connectivity index (χ2v) is 2.23. The smallest absolute Gasteiger partial charge is 0.0709 e. The summed E-state index contributed by atoms with van der Waals surface area (Å²) >= 11 is 0. The van der Waals surface area contributed by atoms with Crippen molar-refractivity contribution >= 4 is 17.1 Å². The van der Waals surface area contributed by atoms with E-state index in [4.69, 9.17) is 9.22 Å². The molecule has 2 unspecified atom stereocenters. The Morgan fingerprint density at radius 2 is 1.57 bits per heavy atom. The van der Waals surface area contributed by atoms with Gasteiger partial charge in [0.25, 0.3) is 0 Å². The maximum atomic E-state index is 6.32. The van der Waals surface area contributed by atoms with E-state index in [0.717, 1.165) is 0 Å². The van der Waals surface area contributed by atoms with Gasteiger partial charge in [-0.05, 0) is 6.92 Å². The summed E-state index contributed by atoms with van der Waals surface area (Å²) in [5.41, 5.74) is 1.32. The van der Waals surface area contributed by atoms with Gasteiger partial charge in [-0.25, -0.2) is 0 Å². The molecule has 14 heavy (non-hydrogen) atoms. The van der Waals surface area contributed by atoms with E-state index in [0.29, 0.717) is 0 Å². The van der Waals surface area contributed by atoms with Gasteiger partial charge in [0.2, 0.25) is 0 Å². The Hall–Kier alpha value is -0.325. The molecule has 0 aliphatic carbocycles. The van der Waals surface area contributed by atoms with Gasteiger partial charge in [0, 0.05) is 2.80 Å². The lowest BCUT2D eigenvalue weighted by molar-refractivity contribution is 1.48. The lowest BCUT2D eigenvalue weighted by Gasteiger charge is -1.82. The van der Waals surface area contributed by atoms with Crippen molar-refractivity contribution in [2.24, 2.45) is 0 Å². The minimum absolute atomic E-state index is 0. The van der Waals surface area contributed by atoms with Crippen LogP contribution < -0.4 is 6.15 Å². The van der Waals surface area contributed by atoms with Crippen LogP contribution in [0.3, 0.4) is 0 Å². The summed E-state index contributed by atoms with van der Waals surface area (Å²) in [4.78, 5) is 0. The summed E-state index contributed by atoms with van der Waals surface area (Å²) in [6.07, 6.45) is 0. The first-order valence-corrected chi connectivity index (χ1v) is 3.74. The topological polar surface area (TPSA) is 35.0 Å². The van der Waals surface area contributed by atoms with E-state index in [9.17, 15) is 0 Å². The number of hydrogen-bond donors (Lipinski definition) is 1. The molecule has 86 valence electrons. The molecule has 1 rings (SSSR count). The largest absolute Gasteiger partial charge is 0.344 e. The molecule has 1 nitrogen and oxygen atoms in total. The van der Waals surface area contributed by atoms with E-state index < -0.39 is 6.04 Å². The molecule has 2 atom stereocenters. The fraction of sp³-hybridized carbons (Fsp3) is 0.455. The van der Waals surface area contributed by atoms with Crippen LogP contribution in [0.2, 0.25) is 0 Å². The Kier molecular flexibility index (Phi) is 38.5. The molecule has 1 aromatic rings. The molecule has 0 bridgehead atoms. The quantitative estimate of drug-likeness (QED) is 0.511. The average Bonchev–Trinajstić information content (AvgIpc) is 1.87. The van der Waals surface area contributed by atoms with Crippen molar-refractivity contribution in [1.82, 2.24) is 6.15 Å². The van der Waals surface area contributed by atoms with Crippen LogP contribution in [0.5, 0.6) is 0 Å². The molecule has 0 saturated carbocycles. The van der Waals surface area contributed by atoms with Crippen LogP contribution in [0.25, 0.3) is 0 Å². The van der Waals surface area contributed by atoms with Crippen molar-refractivity contribution in [1.29, 1.82) is 0 Å². The summed E-state index contributed by atoms with van der Waals surface area (Å²) in [5, 5.41) is 0. The summed E-state index contributed by atoms with van der Waals surface area (Å²) in [7, 11) is 6.84. The van der Waals surface area contributed by atoms with E-state index in [-0.39, 0.29) is 29.9 Å². The van der Waals surface area contributed by atoms with Gasteiger partial charge in [-0.2, -0.15) is 0 Å². The van der Waals surface area contributed by atoms with E-state index in [1.807, 2.05) is 18.2 Å². The minimum atomic E-state index is -0.500. The molecule has 0 aromatic heterocycles. The Labute approximate surface area is 97.8 Å². The SMILES string of the molecule is C.C.C.Cc1ccccc1.N.[2H]C([B])P.[HH]. The summed E-state index contributed by atoms with van der Waals surface area (Å²) in [6.45, 7) is 2.08. The molecule has 3 N–H and O–H groups in total. The molecule has 0 fully saturated rings.